The second kappa shape index (κ2) is 41.4. The molecule has 2 fully saturated rings. The van der Waals surface area contributed by atoms with Gasteiger partial charge < -0.3 is 134 Å². The summed E-state index contributed by atoms with van der Waals surface area (Å²) in [6.45, 7) is 15.0. The van der Waals surface area contributed by atoms with Crippen LogP contribution in [0.5, 0.6) is 46.0 Å². The third kappa shape index (κ3) is 22.9. The summed E-state index contributed by atoms with van der Waals surface area (Å²) in [4.78, 5) is 119. The van der Waals surface area contributed by atoms with Gasteiger partial charge in [-0.25, -0.2) is 4.79 Å². The quantitative estimate of drug-likeness (QED) is 0.0261. The smallest absolute Gasteiger partial charge is 0.330 e. The van der Waals surface area contributed by atoms with E-state index in [1.807, 2.05) is 27.7 Å². The van der Waals surface area contributed by atoms with Gasteiger partial charge in [0.15, 0.2) is 29.9 Å². The average molecular weight is 1700 g/mol. The Morgan fingerprint density at radius 3 is 1.89 bits per heavy atom. The molecule has 650 valence electrons. The first-order chi connectivity index (χ1) is 56.6. The highest BCUT2D eigenvalue weighted by molar-refractivity contribution is 6.32. The van der Waals surface area contributed by atoms with Gasteiger partial charge >= 0.3 is 5.97 Å². The highest BCUT2D eigenvalue weighted by Gasteiger charge is 2.52. The van der Waals surface area contributed by atoms with E-state index in [-0.39, 0.29) is 52.0 Å². The fraction of sp³-hybridized carbons (Fsp3) is 0.542. The van der Waals surface area contributed by atoms with Crippen molar-refractivity contribution in [3.05, 3.63) is 117 Å². The molecule has 12 rings (SSSR count). The normalized spacial score (nSPS) is 26.8. The van der Waals surface area contributed by atoms with E-state index < -0.39 is 231 Å². The van der Waals surface area contributed by atoms with Gasteiger partial charge in [0.2, 0.25) is 53.4 Å². The van der Waals surface area contributed by atoms with E-state index in [4.69, 9.17) is 63.1 Å². The number of aliphatic hydroxyl groups excluding tert-OH is 5. The van der Waals surface area contributed by atoms with Gasteiger partial charge in [-0.05, 0) is 141 Å². The Bertz CT molecular complexity index is 4450. The number of carboxylic acids is 1. The standard InChI is InChI=1S/C83H111Cl2N11O23/c1-8-9-10-11-12-13-14-15-24-88-26-27-90-83(7)37-61(114-41(6)74(83)105)118-73-71(104)70(103)59(38-86)117-82(73)119-72-57-32-45-33-58(72)116-56-23-20-44(31-50(56)85)69(102)67-80(111)94-65(81(112)113)48-34-46(97)35-54(99)62(48)47-29-42(18-21-53(47)98)63(77(108)96-67)93-78(109)64(45)92-76(107)52(36-60(87)100)91-79(110)66(68(101)43-19-22-55(115-57)49(84)30-43)95-75(106)51(28-40(4)5)89-25-16-17-39(2)3/h18-23,29-35,39-41,51-52,59,61,63-71,73-74,82,88-90,97-99,101-105H,8-17,24-28,36-38,86H2,1-7H3,(H2,87,100)(H,91,110)(H,92,107)(H,93,109)(H,94,111)(H,95,106)(H,96,108)(H,112,113)/t41-,51+,52-,59+,61-,63+,64+,65-,66+,67-,68+,69+,70+,71-,73+,74+,82-,83-/m0/s1. The lowest BCUT2D eigenvalue weighted by molar-refractivity contribution is -0.331. The minimum Gasteiger partial charge on any atom is -0.508 e. The molecule has 11 bridgehead atoms. The predicted molar refractivity (Wildman–Crippen MR) is 434 cm³/mol. The van der Waals surface area contributed by atoms with Crippen molar-refractivity contribution >= 4 is 70.5 Å². The molecule has 7 aliphatic rings. The molecule has 36 heteroatoms. The number of rotatable bonds is 30. The number of aliphatic carboxylic acids is 1. The van der Waals surface area contributed by atoms with Crippen LogP contribution >= 0.6 is 23.2 Å². The summed E-state index contributed by atoms with van der Waals surface area (Å²) in [7, 11) is 0. The third-order valence-electron chi connectivity index (χ3n) is 21.8. The van der Waals surface area contributed by atoms with Crippen LogP contribution in [-0.4, -0.2) is 205 Å². The molecule has 0 aromatic heterocycles. The van der Waals surface area contributed by atoms with E-state index in [0.29, 0.717) is 32.0 Å². The Morgan fingerprint density at radius 2 is 1.27 bits per heavy atom. The lowest BCUT2D eigenvalue weighted by Gasteiger charge is -2.48. The van der Waals surface area contributed by atoms with Crippen LogP contribution in [-0.2, 0) is 52.6 Å². The number of aromatic hydroxyl groups is 3. The molecule has 119 heavy (non-hydrogen) atoms. The molecule has 0 radical (unpaired) electrons. The van der Waals surface area contributed by atoms with Gasteiger partial charge in [-0.2, -0.15) is 0 Å². The molecule has 0 unspecified atom stereocenters. The predicted octanol–water partition coefficient (Wildman–Crippen LogP) is 5.24. The van der Waals surface area contributed by atoms with Crippen LogP contribution < -0.4 is 73.5 Å². The van der Waals surface area contributed by atoms with Gasteiger partial charge in [0.25, 0.3) is 0 Å². The lowest BCUT2D eigenvalue weighted by Crippen LogP contribution is -2.66. The molecular weight excluding hydrogens is 1590 g/mol. The van der Waals surface area contributed by atoms with Gasteiger partial charge in [-0.15, -0.1) is 0 Å². The zero-order chi connectivity index (χ0) is 86.4. The van der Waals surface area contributed by atoms with Crippen molar-refractivity contribution in [1.82, 2.24) is 47.9 Å². The monoisotopic (exact) mass is 1700 g/mol. The van der Waals surface area contributed by atoms with Gasteiger partial charge in [-0.3, -0.25) is 33.6 Å². The van der Waals surface area contributed by atoms with E-state index in [1.165, 1.54) is 56.4 Å². The lowest BCUT2D eigenvalue weighted by atomic mass is 9.85. The number of amides is 7. The first-order valence-electron chi connectivity index (χ1n) is 40.4. The van der Waals surface area contributed by atoms with E-state index >= 15 is 19.2 Å². The van der Waals surface area contributed by atoms with E-state index in [9.17, 15) is 65.1 Å². The summed E-state index contributed by atoms with van der Waals surface area (Å²) in [6, 6.07) is -0.107. The number of aliphatic hydroxyl groups is 5. The van der Waals surface area contributed by atoms with Crippen molar-refractivity contribution in [2.24, 2.45) is 23.3 Å². The van der Waals surface area contributed by atoms with E-state index in [2.05, 4.69) is 54.8 Å². The molecule has 18 atom stereocenters. The average Bonchev–Trinajstić information content (AvgIpc) is 0.768. The summed E-state index contributed by atoms with van der Waals surface area (Å²) in [5.74, 6) is -15.2. The minimum atomic E-state index is -2.33. The molecule has 5 aromatic carbocycles. The highest BCUT2D eigenvalue weighted by Crippen LogP contribution is 2.50. The topological polar surface area (TPSA) is 534 Å². The van der Waals surface area contributed by atoms with Gasteiger partial charge in [-0.1, -0.05) is 121 Å². The SMILES string of the molecule is CCCCCCCCCCNCCN[C@@]1(C)C[C@H](O[C@H]2[C@H](Oc3c4cc5cc3Oc3ccc(cc3Cl)[C@@H](O)[C@@H](NC(=O)[C@@H](CC(C)C)NCCCC(C)C)C(=O)N[C@@H](CC(N)=O)C(=O)N[C@H]5C(=O)N[C@H]3C(=O)N[C@H](C(=O)N[C@H](C(=O)O)c5cc(O)cc(O)c5-c5cc3ccc5O)[C@H](O)c3ccc(c(Cl)c3)O4)O[C@H](CN)[C@@H](O)[C@@H]2O)O[C@@H](C)[C@H]1O. The molecule has 5 aromatic rings. The fourth-order valence-corrected chi connectivity index (χ4v) is 15.8. The summed E-state index contributed by atoms with van der Waals surface area (Å²) in [5.41, 5.74) is 8.29. The van der Waals surface area contributed by atoms with Gasteiger partial charge in [0, 0.05) is 54.4 Å². The number of ether oxygens (including phenoxy) is 6. The molecule has 0 saturated carbocycles. The van der Waals surface area contributed by atoms with Crippen LogP contribution in [0.3, 0.4) is 0 Å². The van der Waals surface area contributed by atoms with Crippen LogP contribution in [0, 0.1) is 11.8 Å². The maximum Gasteiger partial charge on any atom is 0.330 e. The maximum atomic E-state index is 16.3. The van der Waals surface area contributed by atoms with Gasteiger partial charge in [0.05, 0.1) is 34.7 Å². The van der Waals surface area contributed by atoms with Crippen molar-refractivity contribution in [3.8, 4) is 57.1 Å². The van der Waals surface area contributed by atoms with Crippen molar-refractivity contribution in [1.29, 1.82) is 0 Å². The molecule has 7 aliphatic heterocycles. The largest absolute Gasteiger partial charge is 0.508 e. The van der Waals surface area contributed by atoms with Crippen LogP contribution in [0.4, 0.5) is 0 Å². The number of phenolic OH excluding ortho intramolecular Hbond substituents is 3. The van der Waals surface area contributed by atoms with Crippen molar-refractivity contribution in [2.45, 2.75) is 241 Å². The Hall–Kier alpha value is -9.24. The summed E-state index contributed by atoms with van der Waals surface area (Å²) >= 11 is 14.4. The zero-order valence-corrected chi connectivity index (χ0v) is 68.9. The number of benzene rings is 5. The Labute approximate surface area is 698 Å². The second-order valence-corrected chi connectivity index (χ2v) is 32.8. The van der Waals surface area contributed by atoms with Gasteiger partial charge in [0.1, 0.15) is 89.5 Å². The molecule has 22 N–H and O–H groups in total. The van der Waals surface area contributed by atoms with Crippen LogP contribution in [0.15, 0.2) is 78.9 Å². The first-order valence-corrected chi connectivity index (χ1v) is 41.1. The number of fused-ring (bicyclic) bond motifs is 15. The number of carbonyl (C=O) groups is 8. The van der Waals surface area contributed by atoms with E-state index in [0.717, 1.165) is 86.8 Å². The molecule has 0 aliphatic carbocycles. The van der Waals surface area contributed by atoms with Crippen molar-refractivity contribution in [2.75, 3.05) is 32.7 Å². The Morgan fingerprint density at radius 1 is 0.647 bits per heavy atom. The molecule has 7 amide bonds. The molecular formula is C83H111Cl2N11O23. The minimum absolute atomic E-state index is 0.0823. The Kier molecular flexibility index (Phi) is 32.0. The third-order valence-corrected chi connectivity index (χ3v) is 22.4. The number of carboxylic acid groups (broad SMARTS) is 1. The van der Waals surface area contributed by atoms with Crippen molar-refractivity contribution < 1.29 is 113 Å². The zero-order valence-electron chi connectivity index (χ0n) is 67.4. The fourth-order valence-electron chi connectivity index (χ4n) is 15.3. The second-order valence-electron chi connectivity index (χ2n) is 32.0. The molecule has 0 spiro atoms. The molecule has 2 saturated heterocycles. The number of halogens is 2. The molecule has 7 heterocycles. The summed E-state index contributed by atoms with van der Waals surface area (Å²) in [5, 5.41) is 130. The number of nitrogens with one attached hydrogen (secondary N) is 9. The van der Waals surface area contributed by atoms with Crippen molar-refractivity contribution in [3.63, 3.8) is 0 Å². The summed E-state index contributed by atoms with van der Waals surface area (Å²) in [6.07, 6.45) is -6.81. The number of unbranched alkanes of at least 4 members (excludes halogenated alkanes) is 7. The van der Waals surface area contributed by atoms with Crippen LogP contribution in [0.25, 0.3) is 11.1 Å². The van der Waals surface area contributed by atoms with Crippen LogP contribution in [0.2, 0.25) is 10.0 Å². The highest BCUT2D eigenvalue weighted by atomic mass is 35.5. The number of primary amides is 1. The first kappa shape index (κ1) is 92.1. The summed E-state index contributed by atoms with van der Waals surface area (Å²) < 4.78 is 39.9. The maximum absolute atomic E-state index is 16.3. The number of hydrogen-bond donors (Lipinski definition) is 20. The number of hydrogen-bond acceptors (Lipinski definition) is 26. The van der Waals surface area contributed by atoms with Crippen LogP contribution in [0.1, 0.15) is 190 Å². The number of carbonyl (C=O) groups excluding carboxylic acids is 7. The Balaban J connectivity index is 1.15. The number of nitrogens with two attached hydrogens (primary N) is 2. The molecule has 34 nitrogen and oxygen atoms in total. The number of phenols is 3. The van der Waals surface area contributed by atoms with E-state index in [1.54, 1.807) is 13.8 Å².